The quantitative estimate of drug-likeness (QED) is 0.221. The molecule has 174 valence electrons. The van der Waals surface area contributed by atoms with Crippen molar-refractivity contribution in [2.24, 2.45) is 0 Å². The zero-order valence-electron chi connectivity index (χ0n) is 18.6. The second-order valence-electron chi connectivity index (χ2n) is 7.64. The molecule has 0 heterocycles. The van der Waals surface area contributed by atoms with Gasteiger partial charge in [0.25, 0.3) is 5.69 Å². The van der Waals surface area contributed by atoms with Crippen molar-refractivity contribution in [1.82, 2.24) is 4.90 Å². The minimum atomic E-state index is -1.01. The highest BCUT2D eigenvalue weighted by Crippen LogP contribution is 2.27. The molecule has 0 aliphatic rings. The molecular weight excluding hydrogens is 456 g/mol. The molecule has 3 aromatic rings. The normalized spacial score (nSPS) is 13.1. The van der Waals surface area contributed by atoms with E-state index in [9.17, 15) is 20.3 Å². The Morgan fingerprint density at radius 3 is 1.67 bits per heavy atom. The second kappa shape index (κ2) is 12.2. The first kappa shape index (κ1) is 25.3. The molecular formula is C25H28N2O4S2. The largest absolute Gasteiger partial charge is 0.395 e. The van der Waals surface area contributed by atoms with Crippen LogP contribution in [0.2, 0.25) is 0 Å². The Morgan fingerprint density at radius 2 is 1.30 bits per heavy atom. The van der Waals surface area contributed by atoms with Crippen molar-refractivity contribution in [3.8, 4) is 0 Å². The molecule has 6 nitrogen and oxygen atoms in total. The van der Waals surface area contributed by atoms with E-state index in [1.807, 2.05) is 17.4 Å². The second-order valence-corrected chi connectivity index (χ2v) is 9.40. The zero-order valence-corrected chi connectivity index (χ0v) is 20.3. The summed E-state index contributed by atoms with van der Waals surface area (Å²) in [5.41, 5.74) is 2.64. The van der Waals surface area contributed by atoms with Gasteiger partial charge in [0.2, 0.25) is 0 Å². The fourth-order valence-corrected chi connectivity index (χ4v) is 4.47. The first-order chi connectivity index (χ1) is 15.9. The number of hydrogen-bond acceptors (Lipinski definition) is 7. The van der Waals surface area contributed by atoms with Gasteiger partial charge in [-0.1, -0.05) is 24.3 Å². The highest BCUT2D eigenvalue weighted by molar-refractivity contribution is 7.98. The van der Waals surface area contributed by atoms with Gasteiger partial charge in [-0.05, 0) is 65.6 Å². The molecule has 0 aliphatic heterocycles. The van der Waals surface area contributed by atoms with Gasteiger partial charge >= 0.3 is 0 Å². The summed E-state index contributed by atoms with van der Waals surface area (Å²) in [5.74, 6) is 0. The molecule has 33 heavy (non-hydrogen) atoms. The molecule has 0 saturated heterocycles. The molecule has 0 fully saturated rings. The molecule has 0 saturated carbocycles. The standard InChI is InChI=1S/C25H28N2O4S2/c1-32-22-11-3-18(4-12-22)15-26(16-19-5-13-23(33-2)14-6-19)24(17-28)25(29)20-7-9-21(10-8-20)27(30)31/h3-14,24-25,28-29H,15-17H2,1-2H3/t24-,25+/m0/s1. The van der Waals surface area contributed by atoms with Crippen LogP contribution in [0.4, 0.5) is 5.69 Å². The Kier molecular flexibility index (Phi) is 9.34. The molecule has 0 radical (unpaired) electrons. The summed E-state index contributed by atoms with van der Waals surface area (Å²) < 4.78 is 0. The Hall–Kier alpha value is -2.36. The lowest BCUT2D eigenvalue weighted by Crippen LogP contribution is -2.41. The third kappa shape index (κ3) is 6.82. The van der Waals surface area contributed by atoms with Crippen LogP contribution in [0.5, 0.6) is 0 Å². The van der Waals surface area contributed by atoms with Gasteiger partial charge in [0.1, 0.15) is 0 Å². The van der Waals surface area contributed by atoms with Crippen molar-refractivity contribution < 1.29 is 15.1 Å². The van der Waals surface area contributed by atoms with Gasteiger partial charge in [-0.3, -0.25) is 15.0 Å². The molecule has 0 bridgehead atoms. The minimum Gasteiger partial charge on any atom is -0.395 e. The van der Waals surface area contributed by atoms with E-state index in [0.29, 0.717) is 18.7 Å². The van der Waals surface area contributed by atoms with Gasteiger partial charge in [0.05, 0.1) is 23.7 Å². The van der Waals surface area contributed by atoms with Gasteiger partial charge in [-0.25, -0.2) is 0 Å². The number of non-ortho nitro benzene ring substituents is 1. The predicted molar refractivity (Wildman–Crippen MR) is 135 cm³/mol. The van der Waals surface area contributed by atoms with Gasteiger partial charge < -0.3 is 10.2 Å². The van der Waals surface area contributed by atoms with Crippen LogP contribution in [-0.4, -0.2) is 45.2 Å². The number of hydrogen-bond donors (Lipinski definition) is 2. The van der Waals surface area contributed by atoms with E-state index in [-0.39, 0.29) is 12.3 Å². The summed E-state index contributed by atoms with van der Waals surface area (Å²) in [4.78, 5) is 14.9. The average molecular weight is 485 g/mol. The molecule has 0 aromatic heterocycles. The zero-order chi connectivity index (χ0) is 23.8. The van der Waals surface area contributed by atoms with Gasteiger partial charge in [0.15, 0.2) is 0 Å². The fourth-order valence-electron chi connectivity index (χ4n) is 3.65. The monoisotopic (exact) mass is 484 g/mol. The lowest BCUT2D eigenvalue weighted by atomic mass is 9.99. The minimum absolute atomic E-state index is 0.0360. The predicted octanol–water partition coefficient (Wildman–Crippen LogP) is 5.14. The highest BCUT2D eigenvalue weighted by atomic mass is 32.2. The van der Waals surface area contributed by atoms with Crippen molar-refractivity contribution in [3.63, 3.8) is 0 Å². The van der Waals surface area contributed by atoms with E-state index >= 15 is 0 Å². The summed E-state index contributed by atoms with van der Waals surface area (Å²) in [6.07, 6.45) is 3.05. The molecule has 0 spiro atoms. The van der Waals surface area contributed by atoms with Crippen molar-refractivity contribution in [2.45, 2.75) is 35.0 Å². The number of benzene rings is 3. The molecule has 8 heteroatoms. The SMILES string of the molecule is CSc1ccc(CN(Cc2ccc(SC)cc2)[C@@H](CO)[C@H](O)c2ccc([N+](=O)[O-])cc2)cc1. The lowest BCUT2D eigenvalue weighted by molar-refractivity contribution is -0.384. The Balaban J connectivity index is 1.88. The van der Waals surface area contributed by atoms with Crippen molar-refractivity contribution in [2.75, 3.05) is 19.1 Å². The number of nitrogens with zero attached hydrogens (tertiary/aromatic N) is 2. The van der Waals surface area contributed by atoms with Gasteiger partial charge in [-0.15, -0.1) is 23.5 Å². The van der Waals surface area contributed by atoms with Crippen molar-refractivity contribution in [3.05, 3.63) is 99.6 Å². The van der Waals surface area contributed by atoms with Crippen LogP contribution >= 0.6 is 23.5 Å². The van der Waals surface area contributed by atoms with Crippen LogP contribution in [0.1, 0.15) is 22.8 Å². The molecule has 3 aromatic carbocycles. The molecule has 0 amide bonds. The van der Waals surface area contributed by atoms with E-state index < -0.39 is 17.1 Å². The average Bonchev–Trinajstić information content (AvgIpc) is 2.85. The Morgan fingerprint density at radius 1 is 0.848 bits per heavy atom. The number of nitro benzene ring substituents is 1. The van der Waals surface area contributed by atoms with Crippen LogP contribution in [0.25, 0.3) is 0 Å². The Bertz CT molecular complexity index is 978. The number of aliphatic hydroxyl groups is 2. The maximum Gasteiger partial charge on any atom is 0.269 e. The van der Waals surface area contributed by atoms with Crippen LogP contribution < -0.4 is 0 Å². The number of aliphatic hydroxyl groups excluding tert-OH is 2. The summed E-state index contributed by atoms with van der Waals surface area (Å²) in [7, 11) is 0. The number of thioether (sulfide) groups is 2. The van der Waals surface area contributed by atoms with Crippen molar-refractivity contribution in [1.29, 1.82) is 0 Å². The maximum absolute atomic E-state index is 11.1. The topological polar surface area (TPSA) is 86.8 Å². The third-order valence-electron chi connectivity index (χ3n) is 5.56. The van der Waals surface area contributed by atoms with Gasteiger partial charge in [-0.2, -0.15) is 0 Å². The first-order valence-corrected chi connectivity index (χ1v) is 12.9. The van der Waals surface area contributed by atoms with E-state index in [1.165, 1.54) is 21.9 Å². The van der Waals surface area contributed by atoms with Crippen LogP contribution in [0, 0.1) is 10.1 Å². The first-order valence-electron chi connectivity index (χ1n) is 10.5. The third-order valence-corrected chi connectivity index (χ3v) is 7.04. The summed E-state index contributed by atoms with van der Waals surface area (Å²) in [5, 5.41) is 32.4. The Labute approximate surface area is 202 Å². The summed E-state index contributed by atoms with van der Waals surface area (Å²) in [6.45, 7) is 0.812. The van der Waals surface area contributed by atoms with Crippen LogP contribution in [-0.2, 0) is 13.1 Å². The molecule has 0 unspecified atom stereocenters. The number of nitro groups is 1. The fraction of sp³-hybridized carbons (Fsp3) is 0.280. The summed E-state index contributed by atoms with van der Waals surface area (Å²) >= 11 is 3.35. The molecule has 3 rings (SSSR count). The number of rotatable bonds is 11. The van der Waals surface area contributed by atoms with Crippen LogP contribution in [0.3, 0.4) is 0 Å². The molecule has 0 aliphatic carbocycles. The van der Waals surface area contributed by atoms with E-state index in [2.05, 4.69) is 48.5 Å². The molecule has 2 N–H and O–H groups in total. The highest BCUT2D eigenvalue weighted by Gasteiger charge is 2.27. The lowest BCUT2D eigenvalue weighted by Gasteiger charge is -2.34. The smallest absolute Gasteiger partial charge is 0.269 e. The van der Waals surface area contributed by atoms with E-state index in [4.69, 9.17) is 0 Å². The van der Waals surface area contributed by atoms with Crippen molar-refractivity contribution >= 4 is 29.2 Å². The van der Waals surface area contributed by atoms with E-state index in [0.717, 1.165) is 11.1 Å². The molecule has 2 atom stereocenters. The maximum atomic E-state index is 11.1. The van der Waals surface area contributed by atoms with E-state index in [1.54, 1.807) is 35.7 Å². The summed E-state index contributed by atoms with van der Waals surface area (Å²) in [6, 6.07) is 21.7. The van der Waals surface area contributed by atoms with Crippen LogP contribution in [0.15, 0.2) is 82.6 Å². The van der Waals surface area contributed by atoms with Gasteiger partial charge in [0, 0.05) is 35.0 Å².